The minimum Gasteiger partial charge on any atom is -0.426 e. The normalized spacial score (nSPS) is 21.3. The second kappa shape index (κ2) is 6.42. The molecule has 122 valence electrons. The van der Waals surface area contributed by atoms with E-state index < -0.39 is 5.82 Å². The third kappa shape index (κ3) is 3.71. The number of carbonyl (C=O) groups is 1. The molecule has 1 aliphatic rings. The van der Waals surface area contributed by atoms with Gasteiger partial charge in [0, 0.05) is 25.2 Å². The van der Waals surface area contributed by atoms with Crippen molar-refractivity contribution in [2.24, 2.45) is 0 Å². The van der Waals surface area contributed by atoms with Gasteiger partial charge >= 0.3 is 0 Å². The van der Waals surface area contributed by atoms with Gasteiger partial charge in [0.15, 0.2) is 5.76 Å². The minimum absolute atomic E-state index is 0.0133. The number of benzene rings is 1. The van der Waals surface area contributed by atoms with Crippen molar-refractivity contribution in [2.45, 2.75) is 26.1 Å². The SMILES string of the molecule is C[C@@H]1CN(C(=O)c2ccc(Oc3cccc(F)c3)o2)C[C@@H](C)O1. The molecule has 0 bridgehead atoms. The number of rotatable bonds is 3. The maximum Gasteiger partial charge on any atom is 0.290 e. The minimum atomic E-state index is -0.401. The maximum atomic E-state index is 13.1. The molecule has 0 aliphatic carbocycles. The summed E-state index contributed by atoms with van der Waals surface area (Å²) in [7, 11) is 0. The van der Waals surface area contributed by atoms with E-state index in [9.17, 15) is 9.18 Å². The van der Waals surface area contributed by atoms with Gasteiger partial charge in [-0.15, -0.1) is 0 Å². The lowest BCUT2D eigenvalue weighted by atomic mass is 10.2. The highest BCUT2D eigenvalue weighted by Gasteiger charge is 2.28. The number of halogens is 1. The fourth-order valence-corrected chi connectivity index (χ4v) is 2.64. The van der Waals surface area contributed by atoms with Crippen LogP contribution < -0.4 is 4.74 Å². The van der Waals surface area contributed by atoms with Gasteiger partial charge in [-0.05, 0) is 32.0 Å². The fourth-order valence-electron chi connectivity index (χ4n) is 2.64. The molecule has 1 aromatic carbocycles. The van der Waals surface area contributed by atoms with Crippen molar-refractivity contribution in [1.82, 2.24) is 4.90 Å². The first-order valence-corrected chi connectivity index (χ1v) is 7.49. The number of furan rings is 1. The quantitative estimate of drug-likeness (QED) is 0.869. The van der Waals surface area contributed by atoms with Crippen LogP contribution in [0.1, 0.15) is 24.4 Å². The first-order chi connectivity index (χ1) is 11.0. The number of carbonyl (C=O) groups excluding carboxylic acids is 1. The zero-order chi connectivity index (χ0) is 16.4. The second-order valence-corrected chi connectivity index (χ2v) is 5.65. The van der Waals surface area contributed by atoms with E-state index in [-0.39, 0.29) is 29.8 Å². The van der Waals surface area contributed by atoms with Crippen molar-refractivity contribution >= 4 is 5.91 Å². The summed E-state index contributed by atoms with van der Waals surface area (Å²) < 4.78 is 29.6. The van der Waals surface area contributed by atoms with Crippen molar-refractivity contribution in [2.75, 3.05) is 13.1 Å². The maximum absolute atomic E-state index is 13.1. The summed E-state index contributed by atoms with van der Waals surface area (Å²) in [6, 6.07) is 8.82. The van der Waals surface area contributed by atoms with E-state index in [1.165, 1.54) is 18.2 Å². The Morgan fingerprint density at radius 2 is 1.96 bits per heavy atom. The number of ether oxygens (including phenoxy) is 2. The van der Waals surface area contributed by atoms with E-state index >= 15 is 0 Å². The number of morpholine rings is 1. The molecule has 0 N–H and O–H groups in total. The average molecular weight is 319 g/mol. The summed E-state index contributed by atoms with van der Waals surface area (Å²) in [6.07, 6.45) is -0.0265. The summed E-state index contributed by atoms with van der Waals surface area (Å²) in [4.78, 5) is 14.2. The molecule has 0 radical (unpaired) electrons. The summed E-state index contributed by atoms with van der Waals surface area (Å²) in [5.41, 5.74) is 0. The fraction of sp³-hybridized carbons (Fsp3) is 0.353. The molecule has 23 heavy (non-hydrogen) atoms. The van der Waals surface area contributed by atoms with Crippen LogP contribution in [0.2, 0.25) is 0 Å². The monoisotopic (exact) mass is 319 g/mol. The molecule has 3 rings (SSSR count). The first-order valence-electron chi connectivity index (χ1n) is 7.49. The van der Waals surface area contributed by atoms with Crippen LogP contribution in [0.5, 0.6) is 11.7 Å². The molecule has 1 saturated heterocycles. The van der Waals surface area contributed by atoms with Gasteiger partial charge in [-0.2, -0.15) is 0 Å². The smallest absolute Gasteiger partial charge is 0.290 e. The third-order valence-corrected chi connectivity index (χ3v) is 3.51. The van der Waals surface area contributed by atoms with Crippen molar-refractivity contribution in [3.05, 3.63) is 48.0 Å². The van der Waals surface area contributed by atoms with Gasteiger partial charge in [0.1, 0.15) is 11.6 Å². The van der Waals surface area contributed by atoms with Crippen LogP contribution >= 0.6 is 0 Å². The molecule has 0 unspecified atom stereocenters. The van der Waals surface area contributed by atoms with Crippen molar-refractivity contribution in [3.63, 3.8) is 0 Å². The summed E-state index contributed by atoms with van der Waals surface area (Å²) in [5.74, 6) is 0.0423. The molecule has 1 aliphatic heterocycles. The largest absolute Gasteiger partial charge is 0.426 e. The van der Waals surface area contributed by atoms with Crippen LogP contribution in [-0.4, -0.2) is 36.1 Å². The Hall–Kier alpha value is -2.34. The van der Waals surface area contributed by atoms with E-state index in [4.69, 9.17) is 13.9 Å². The van der Waals surface area contributed by atoms with E-state index in [0.29, 0.717) is 18.8 Å². The van der Waals surface area contributed by atoms with Crippen molar-refractivity contribution in [1.29, 1.82) is 0 Å². The topological polar surface area (TPSA) is 51.9 Å². The summed E-state index contributed by atoms with van der Waals surface area (Å²) >= 11 is 0. The molecule has 1 fully saturated rings. The summed E-state index contributed by atoms with van der Waals surface area (Å²) in [6.45, 7) is 4.89. The van der Waals surface area contributed by atoms with Gasteiger partial charge < -0.3 is 18.8 Å². The van der Waals surface area contributed by atoms with E-state index in [1.54, 1.807) is 23.1 Å². The molecular formula is C17H18FNO4. The Labute approximate surface area is 133 Å². The number of nitrogens with zero attached hydrogens (tertiary/aromatic N) is 1. The lowest BCUT2D eigenvalue weighted by molar-refractivity contribution is -0.0592. The highest BCUT2D eigenvalue weighted by molar-refractivity contribution is 5.91. The van der Waals surface area contributed by atoms with Gasteiger partial charge in [0.2, 0.25) is 0 Å². The van der Waals surface area contributed by atoms with Crippen LogP contribution in [0.15, 0.2) is 40.8 Å². The van der Waals surface area contributed by atoms with Crippen molar-refractivity contribution < 1.29 is 23.1 Å². The van der Waals surface area contributed by atoms with Crippen LogP contribution in [-0.2, 0) is 4.74 Å². The molecule has 1 aromatic heterocycles. The molecule has 2 atom stereocenters. The predicted octanol–water partition coefficient (Wildman–Crippen LogP) is 3.46. The van der Waals surface area contributed by atoms with Crippen LogP contribution in [0.25, 0.3) is 0 Å². The molecule has 6 heteroatoms. The number of amides is 1. The van der Waals surface area contributed by atoms with Crippen LogP contribution in [0.3, 0.4) is 0 Å². The Kier molecular flexibility index (Phi) is 4.34. The van der Waals surface area contributed by atoms with Crippen LogP contribution in [0.4, 0.5) is 4.39 Å². The van der Waals surface area contributed by atoms with Crippen molar-refractivity contribution in [3.8, 4) is 11.7 Å². The Balaban J connectivity index is 1.70. The molecule has 2 heterocycles. The van der Waals surface area contributed by atoms with Gasteiger partial charge in [-0.3, -0.25) is 4.79 Å². The number of hydrogen-bond donors (Lipinski definition) is 0. The molecule has 0 spiro atoms. The molecular weight excluding hydrogens is 301 g/mol. The average Bonchev–Trinajstić information content (AvgIpc) is 2.94. The first kappa shape index (κ1) is 15.6. The van der Waals surface area contributed by atoms with E-state index in [0.717, 1.165) is 0 Å². The highest BCUT2D eigenvalue weighted by atomic mass is 19.1. The zero-order valence-corrected chi connectivity index (χ0v) is 13.0. The molecule has 1 amide bonds. The second-order valence-electron chi connectivity index (χ2n) is 5.65. The zero-order valence-electron chi connectivity index (χ0n) is 13.0. The van der Waals surface area contributed by atoms with Gasteiger partial charge in [-0.25, -0.2) is 4.39 Å². The number of hydrogen-bond acceptors (Lipinski definition) is 4. The van der Waals surface area contributed by atoms with Gasteiger partial charge in [-0.1, -0.05) is 6.07 Å². The van der Waals surface area contributed by atoms with E-state index in [1.807, 2.05) is 13.8 Å². The Morgan fingerprint density at radius 3 is 2.65 bits per heavy atom. The Morgan fingerprint density at radius 1 is 1.22 bits per heavy atom. The van der Waals surface area contributed by atoms with Gasteiger partial charge in [0.25, 0.3) is 11.9 Å². The Bertz CT molecular complexity index is 689. The lowest BCUT2D eigenvalue weighted by Gasteiger charge is -2.34. The van der Waals surface area contributed by atoms with Crippen LogP contribution in [0, 0.1) is 5.82 Å². The molecule has 2 aromatic rings. The summed E-state index contributed by atoms with van der Waals surface area (Å²) in [5, 5.41) is 0. The molecule has 0 saturated carbocycles. The van der Waals surface area contributed by atoms with Gasteiger partial charge in [0.05, 0.1) is 12.2 Å². The molecule has 5 nitrogen and oxygen atoms in total. The lowest BCUT2D eigenvalue weighted by Crippen LogP contribution is -2.48. The highest BCUT2D eigenvalue weighted by Crippen LogP contribution is 2.25. The predicted molar refractivity (Wildman–Crippen MR) is 81.1 cm³/mol. The van der Waals surface area contributed by atoms with E-state index in [2.05, 4.69) is 0 Å². The standard InChI is InChI=1S/C17H18FNO4/c1-11-9-19(10-12(2)21-11)17(20)15-6-7-16(23-15)22-14-5-3-4-13(18)8-14/h3-8,11-12H,9-10H2,1-2H3/t11-,12-/m1/s1. The third-order valence-electron chi connectivity index (χ3n) is 3.51.